The van der Waals surface area contributed by atoms with Gasteiger partial charge in [-0.15, -0.1) is 0 Å². The van der Waals surface area contributed by atoms with Crippen LogP contribution in [0.1, 0.15) is 24.5 Å². The molecule has 1 nitrogen and oxygen atoms in total. The summed E-state index contributed by atoms with van der Waals surface area (Å²) in [5, 5.41) is 11.8. The van der Waals surface area contributed by atoms with E-state index < -0.39 is 0 Å². The van der Waals surface area contributed by atoms with E-state index in [1.807, 2.05) is 12.1 Å². The second-order valence-electron chi connectivity index (χ2n) is 4.02. The zero-order valence-corrected chi connectivity index (χ0v) is 9.25. The standard InChI is InChI=1S/C14H16O/c1-3-4-13-10(2)5-6-11-9-12(15)7-8-14(11)13/h5-9,15H,3-4H2,1-2H3. The van der Waals surface area contributed by atoms with E-state index in [1.54, 1.807) is 6.07 Å². The van der Waals surface area contributed by atoms with Gasteiger partial charge in [0.2, 0.25) is 0 Å². The molecule has 0 amide bonds. The van der Waals surface area contributed by atoms with Gasteiger partial charge in [0.15, 0.2) is 0 Å². The zero-order chi connectivity index (χ0) is 10.8. The molecule has 1 N–H and O–H groups in total. The fraction of sp³-hybridized carbons (Fsp3) is 0.286. The van der Waals surface area contributed by atoms with Gasteiger partial charge in [-0.3, -0.25) is 0 Å². The Morgan fingerprint density at radius 2 is 1.93 bits per heavy atom. The van der Waals surface area contributed by atoms with Crippen LogP contribution in [-0.4, -0.2) is 5.11 Å². The lowest BCUT2D eigenvalue weighted by Crippen LogP contribution is -1.90. The smallest absolute Gasteiger partial charge is 0.116 e. The van der Waals surface area contributed by atoms with Crippen molar-refractivity contribution in [1.29, 1.82) is 0 Å². The number of fused-ring (bicyclic) bond motifs is 1. The molecular formula is C14H16O. The van der Waals surface area contributed by atoms with Crippen LogP contribution in [0.3, 0.4) is 0 Å². The molecule has 0 aromatic heterocycles. The van der Waals surface area contributed by atoms with Crippen LogP contribution in [0.5, 0.6) is 5.75 Å². The van der Waals surface area contributed by atoms with E-state index in [0.29, 0.717) is 5.75 Å². The van der Waals surface area contributed by atoms with Gasteiger partial charge in [-0.25, -0.2) is 0 Å². The lowest BCUT2D eigenvalue weighted by molar-refractivity contribution is 0.476. The minimum atomic E-state index is 0.341. The van der Waals surface area contributed by atoms with Crippen LogP contribution in [0.15, 0.2) is 30.3 Å². The lowest BCUT2D eigenvalue weighted by atomic mass is 9.96. The molecule has 2 rings (SSSR count). The van der Waals surface area contributed by atoms with Crippen molar-refractivity contribution in [2.75, 3.05) is 0 Å². The van der Waals surface area contributed by atoms with Gasteiger partial charge in [-0.1, -0.05) is 31.5 Å². The molecule has 0 aliphatic heterocycles. The van der Waals surface area contributed by atoms with Crippen LogP contribution in [0, 0.1) is 6.92 Å². The van der Waals surface area contributed by atoms with Gasteiger partial charge >= 0.3 is 0 Å². The number of phenols is 1. The Labute approximate surface area is 90.4 Å². The number of hydrogen-bond donors (Lipinski definition) is 1. The van der Waals surface area contributed by atoms with Gasteiger partial charge < -0.3 is 5.11 Å². The first kappa shape index (κ1) is 10.0. The first-order chi connectivity index (χ1) is 7.22. The zero-order valence-electron chi connectivity index (χ0n) is 9.25. The van der Waals surface area contributed by atoms with Crippen LogP contribution in [0.4, 0.5) is 0 Å². The second kappa shape index (κ2) is 3.93. The molecule has 0 unspecified atom stereocenters. The predicted molar refractivity (Wildman–Crippen MR) is 64.3 cm³/mol. The van der Waals surface area contributed by atoms with Crippen LogP contribution in [-0.2, 0) is 6.42 Å². The Morgan fingerprint density at radius 1 is 1.13 bits per heavy atom. The summed E-state index contributed by atoms with van der Waals surface area (Å²) in [4.78, 5) is 0. The van der Waals surface area contributed by atoms with Crippen molar-refractivity contribution in [1.82, 2.24) is 0 Å². The monoisotopic (exact) mass is 200 g/mol. The third-order valence-electron chi connectivity index (χ3n) is 2.85. The van der Waals surface area contributed by atoms with Crippen molar-refractivity contribution in [2.45, 2.75) is 26.7 Å². The van der Waals surface area contributed by atoms with Gasteiger partial charge in [-0.2, -0.15) is 0 Å². The van der Waals surface area contributed by atoms with Gasteiger partial charge in [0.25, 0.3) is 0 Å². The Hall–Kier alpha value is -1.50. The molecule has 2 aromatic rings. The highest BCUT2D eigenvalue weighted by atomic mass is 16.3. The summed E-state index contributed by atoms with van der Waals surface area (Å²) in [5.74, 6) is 0.341. The molecule has 1 heteroatoms. The quantitative estimate of drug-likeness (QED) is 0.781. The van der Waals surface area contributed by atoms with E-state index in [2.05, 4.69) is 26.0 Å². The third-order valence-corrected chi connectivity index (χ3v) is 2.85. The normalized spacial score (nSPS) is 10.8. The number of rotatable bonds is 2. The number of benzene rings is 2. The molecule has 2 aromatic carbocycles. The maximum absolute atomic E-state index is 9.42. The van der Waals surface area contributed by atoms with E-state index >= 15 is 0 Å². The van der Waals surface area contributed by atoms with Gasteiger partial charge in [0, 0.05) is 0 Å². The summed E-state index contributed by atoms with van der Waals surface area (Å²) in [6.07, 6.45) is 2.26. The van der Waals surface area contributed by atoms with E-state index in [9.17, 15) is 5.11 Å². The summed E-state index contributed by atoms with van der Waals surface area (Å²) in [6.45, 7) is 4.34. The van der Waals surface area contributed by atoms with Crippen LogP contribution < -0.4 is 0 Å². The molecule has 0 fully saturated rings. The van der Waals surface area contributed by atoms with Gasteiger partial charge in [0.1, 0.15) is 5.75 Å². The number of hydrogen-bond acceptors (Lipinski definition) is 1. The molecule has 0 radical (unpaired) electrons. The lowest BCUT2D eigenvalue weighted by Gasteiger charge is -2.09. The van der Waals surface area contributed by atoms with Gasteiger partial charge in [0.05, 0.1) is 0 Å². The Balaban J connectivity index is 2.70. The van der Waals surface area contributed by atoms with Crippen LogP contribution >= 0.6 is 0 Å². The fourth-order valence-corrected chi connectivity index (χ4v) is 2.07. The van der Waals surface area contributed by atoms with Gasteiger partial charge in [-0.05, 0) is 47.4 Å². The summed E-state index contributed by atoms with van der Waals surface area (Å²) >= 11 is 0. The van der Waals surface area contributed by atoms with E-state index in [-0.39, 0.29) is 0 Å². The third kappa shape index (κ3) is 1.82. The second-order valence-corrected chi connectivity index (χ2v) is 4.02. The van der Waals surface area contributed by atoms with Crippen molar-refractivity contribution in [3.8, 4) is 5.75 Å². The highest BCUT2D eigenvalue weighted by Crippen LogP contribution is 2.26. The van der Waals surface area contributed by atoms with Crippen molar-refractivity contribution in [3.05, 3.63) is 41.5 Å². The molecule has 0 saturated heterocycles. The first-order valence-electron chi connectivity index (χ1n) is 5.43. The van der Waals surface area contributed by atoms with E-state index in [1.165, 1.54) is 16.5 Å². The molecule has 0 atom stereocenters. The van der Waals surface area contributed by atoms with Crippen LogP contribution in [0.2, 0.25) is 0 Å². The molecule has 0 aliphatic carbocycles. The largest absolute Gasteiger partial charge is 0.508 e. The van der Waals surface area contributed by atoms with Crippen molar-refractivity contribution in [2.24, 2.45) is 0 Å². The number of phenolic OH excluding ortho intramolecular Hbond substituents is 1. The molecular weight excluding hydrogens is 184 g/mol. The SMILES string of the molecule is CCCc1c(C)ccc2cc(O)ccc12. The summed E-state index contributed by atoms with van der Waals surface area (Å²) < 4.78 is 0. The highest BCUT2D eigenvalue weighted by Gasteiger charge is 2.04. The first-order valence-corrected chi connectivity index (χ1v) is 5.43. The predicted octanol–water partition coefficient (Wildman–Crippen LogP) is 3.81. The molecule has 0 saturated carbocycles. The molecule has 78 valence electrons. The average Bonchev–Trinajstić information content (AvgIpc) is 2.22. The van der Waals surface area contributed by atoms with Crippen LogP contribution in [0.25, 0.3) is 10.8 Å². The summed E-state index contributed by atoms with van der Waals surface area (Å²) in [6, 6.07) is 9.81. The Bertz CT molecular complexity index is 486. The Kier molecular flexibility index (Phi) is 2.63. The van der Waals surface area contributed by atoms with Crippen molar-refractivity contribution < 1.29 is 5.11 Å². The minimum absolute atomic E-state index is 0.341. The maximum Gasteiger partial charge on any atom is 0.116 e. The maximum atomic E-state index is 9.42. The molecule has 0 aliphatic rings. The average molecular weight is 200 g/mol. The summed E-state index contributed by atoms with van der Waals surface area (Å²) in [7, 11) is 0. The number of aryl methyl sites for hydroxylation is 2. The van der Waals surface area contributed by atoms with Crippen molar-refractivity contribution in [3.63, 3.8) is 0 Å². The minimum Gasteiger partial charge on any atom is -0.508 e. The Morgan fingerprint density at radius 3 is 2.67 bits per heavy atom. The molecule has 0 bridgehead atoms. The van der Waals surface area contributed by atoms with Crippen molar-refractivity contribution >= 4 is 10.8 Å². The number of aromatic hydroxyl groups is 1. The fourth-order valence-electron chi connectivity index (χ4n) is 2.07. The molecule has 0 spiro atoms. The molecule has 0 heterocycles. The van der Waals surface area contributed by atoms with E-state index in [0.717, 1.165) is 18.2 Å². The summed E-state index contributed by atoms with van der Waals surface area (Å²) in [5.41, 5.74) is 2.75. The highest BCUT2D eigenvalue weighted by molar-refractivity contribution is 5.87. The topological polar surface area (TPSA) is 20.2 Å². The molecule has 15 heavy (non-hydrogen) atoms. The van der Waals surface area contributed by atoms with E-state index in [4.69, 9.17) is 0 Å².